The van der Waals surface area contributed by atoms with Gasteiger partial charge in [-0.25, -0.2) is 0 Å². The highest BCUT2D eigenvalue weighted by Gasteiger charge is 2.19. The van der Waals surface area contributed by atoms with Gasteiger partial charge in [0.25, 0.3) is 20.2 Å². The van der Waals surface area contributed by atoms with E-state index >= 15 is 0 Å². The first-order valence-electron chi connectivity index (χ1n) is 16.4. The fourth-order valence-corrected chi connectivity index (χ4v) is 6.88. The van der Waals surface area contributed by atoms with Gasteiger partial charge in [0.15, 0.2) is 11.6 Å². The topological polar surface area (TPSA) is 268 Å². The summed E-state index contributed by atoms with van der Waals surface area (Å²) < 4.78 is 70.2. The number of aromatic nitrogens is 6. The molecule has 58 heavy (non-hydrogen) atoms. The van der Waals surface area contributed by atoms with E-state index in [9.17, 15) is 35.5 Å². The maximum atomic E-state index is 12.5. The number of rotatable bonds is 14. The summed E-state index contributed by atoms with van der Waals surface area (Å²) in [6.45, 7) is 2.88. The van der Waals surface area contributed by atoms with Gasteiger partial charge in [-0.05, 0) is 121 Å². The summed E-state index contributed by atoms with van der Waals surface area (Å²) in [5.74, 6) is -0.352. The quantitative estimate of drug-likeness (QED) is 0.0353. The van der Waals surface area contributed by atoms with Crippen LogP contribution in [0.15, 0.2) is 94.7 Å². The maximum absolute atomic E-state index is 12.5. The molecule has 0 aliphatic heterocycles. The van der Waals surface area contributed by atoms with Crippen molar-refractivity contribution < 1.29 is 35.5 Å². The third-order valence-corrected chi connectivity index (χ3v) is 10.0. The Bertz CT molecular complexity index is 2640. The number of halogens is 2. The lowest BCUT2D eigenvalue weighted by molar-refractivity contribution is 0.100. The Balaban J connectivity index is 1.22. The van der Waals surface area contributed by atoms with Crippen LogP contribution in [0, 0.1) is 0 Å². The number of hydrogen-bond donors (Lipinski definition) is 6. The van der Waals surface area contributed by atoms with Gasteiger partial charge in [0, 0.05) is 33.9 Å². The summed E-state index contributed by atoms with van der Waals surface area (Å²) in [7, 11) is -9.73. The zero-order chi connectivity index (χ0) is 41.8. The minimum Gasteiger partial charge on any atom is -0.324 e. The molecule has 6 N–H and O–H groups in total. The summed E-state index contributed by atoms with van der Waals surface area (Å²) in [6.07, 6.45) is 2.44. The van der Waals surface area contributed by atoms with Crippen molar-refractivity contribution in [2.45, 2.75) is 23.6 Å². The van der Waals surface area contributed by atoms with Crippen molar-refractivity contribution in [1.29, 1.82) is 0 Å². The normalized spacial score (nSPS) is 11.6. The number of nitrogens with zero attached hydrogens (tertiary/aromatic N) is 6. The smallest absolute Gasteiger partial charge is 0.295 e. The van der Waals surface area contributed by atoms with Crippen molar-refractivity contribution in [2.24, 2.45) is 0 Å². The van der Waals surface area contributed by atoms with Crippen molar-refractivity contribution in [2.75, 3.05) is 21.3 Å². The first-order chi connectivity index (χ1) is 27.4. The number of nitrogens with one attached hydrogen (secondary N) is 4. The van der Waals surface area contributed by atoms with Crippen molar-refractivity contribution in [3.63, 3.8) is 0 Å². The largest absolute Gasteiger partial charge is 0.324 e. The van der Waals surface area contributed by atoms with E-state index in [4.69, 9.17) is 23.2 Å². The highest BCUT2D eigenvalue weighted by molar-refractivity contribution is 7.86. The average Bonchev–Trinajstić information content (AvgIpc) is 3.14. The molecule has 0 bridgehead atoms. The van der Waals surface area contributed by atoms with E-state index in [1.807, 2.05) is 0 Å². The summed E-state index contributed by atoms with van der Waals surface area (Å²) in [6, 6.07) is 20.7. The zero-order valence-corrected chi connectivity index (χ0v) is 33.0. The van der Waals surface area contributed by atoms with E-state index < -0.39 is 30.0 Å². The molecule has 0 saturated heterocycles. The van der Waals surface area contributed by atoms with Gasteiger partial charge in [0.2, 0.25) is 34.4 Å². The molecule has 0 unspecified atom stereocenters. The molecule has 6 rings (SSSR count). The third kappa shape index (κ3) is 10.7. The molecule has 0 radical (unpaired) electrons. The van der Waals surface area contributed by atoms with Gasteiger partial charge in [0.1, 0.15) is 9.79 Å². The van der Waals surface area contributed by atoms with Crippen LogP contribution in [-0.4, -0.2) is 67.4 Å². The van der Waals surface area contributed by atoms with Crippen LogP contribution in [0.2, 0.25) is 10.6 Å². The molecule has 0 aliphatic rings. The molecule has 296 valence electrons. The van der Waals surface area contributed by atoms with Gasteiger partial charge >= 0.3 is 0 Å². The average molecular weight is 864 g/mol. The van der Waals surface area contributed by atoms with Crippen LogP contribution in [0.1, 0.15) is 45.7 Å². The van der Waals surface area contributed by atoms with Gasteiger partial charge in [-0.3, -0.25) is 18.7 Å². The first kappa shape index (κ1) is 41.2. The molecule has 2 heterocycles. The van der Waals surface area contributed by atoms with Crippen LogP contribution in [0.3, 0.4) is 0 Å². The molecule has 4 aromatic carbocycles. The number of hydrogen-bond acceptors (Lipinski definition) is 16. The first-order valence-corrected chi connectivity index (χ1v) is 20.1. The predicted molar refractivity (Wildman–Crippen MR) is 217 cm³/mol. The third-order valence-electron chi connectivity index (χ3n) is 7.85. The van der Waals surface area contributed by atoms with E-state index in [-0.39, 0.29) is 68.4 Å². The van der Waals surface area contributed by atoms with E-state index in [1.165, 1.54) is 50.3 Å². The van der Waals surface area contributed by atoms with Crippen molar-refractivity contribution in [3.8, 4) is 0 Å². The standard InChI is InChI=1S/C36H28Cl2N10O8S2/c1-19(49)21-5-11-25(12-6-21)39-33-43-31(37)45-35(47-33)41-27-15-9-23(29(17-27)57(51,52)53)3-4-24-10-16-28(18-30(24)58(54,55)56)42-36-46-32(38)44-34(48-36)40-26-13-7-22(8-14-26)20(2)50/h3-18H,1-2H3,(H,51,52,53)(H,54,55,56)(H2,39,41,43,45,47)(H2,40,42,44,46,48)/b4-3+. The summed E-state index contributed by atoms with van der Waals surface area (Å²) >= 11 is 12.2. The molecule has 0 saturated carbocycles. The highest BCUT2D eigenvalue weighted by atomic mass is 35.5. The van der Waals surface area contributed by atoms with E-state index in [1.54, 1.807) is 48.5 Å². The second-order valence-corrected chi connectivity index (χ2v) is 15.5. The van der Waals surface area contributed by atoms with Crippen LogP contribution < -0.4 is 21.3 Å². The number of Topliss-reactive ketones (excluding diaryl/α,β-unsaturated/α-hetero) is 2. The minimum atomic E-state index is -4.86. The van der Waals surface area contributed by atoms with Gasteiger partial charge in [-0.15, -0.1) is 0 Å². The molecule has 0 fully saturated rings. The van der Waals surface area contributed by atoms with E-state index in [0.29, 0.717) is 22.5 Å². The Kier molecular flexibility index (Phi) is 12.1. The van der Waals surface area contributed by atoms with Crippen molar-refractivity contribution in [1.82, 2.24) is 29.9 Å². The number of carbonyl (C=O) groups excluding carboxylic acids is 2. The Hall–Kier alpha value is -6.42. The van der Waals surface area contributed by atoms with Crippen LogP contribution in [-0.2, 0) is 20.2 Å². The highest BCUT2D eigenvalue weighted by Crippen LogP contribution is 2.29. The van der Waals surface area contributed by atoms with Gasteiger partial charge in [0.05, 0.1) is 0 Å². The van der Waals surface area contributed by atoms with Crippen LogP contribution in [0.25, 0.3) is 12.2 Å². The van der Waals surface area contributed by atoms with Crippen LogP contribution in [0.4, 0.5) is 46.5 Å². The lowest BCUT2D eigenvalue weighted by atomic mass is 10.1. The van der Waals surface area contributed by atoms with Crippen LogP contribution >= 0.6 is 23.2 Å². The van der Waals surface area contributed by atoms with E-state index in [2.05, 4.69) is 51.2 Å². The predicted octanol–water partition coefficient (Wildman–Crippen LogP) is 7.41. The number of anilines is 8. The second-order valence-electron chi connectivity index (χ2n) is 12.1. The lowest BCUT2D eigenvalue weighted by Crippen LogP contribution is -2.06. The zero-order valence-electron chi connectivity index (χ0n) is 29.8. The van der Waals surface area contributed by atoms with Gasteiger partial charge < -0.3 is 21.3 Å². The molecule has 22 heteroatoms. The molecule has 18 nitrogen and oxygen atoms in total. The number of ketones is 2. The molecular weight excluding hydrogens is 835 g/mol. The fraction of sp³-hybridized carbons (Fsp3) is 0.0556. The molecule has 2 aromatic heterocycles. The molecule has 0 aliphatic carbocycles. The Labute approximate surface area is 340 Å². The van der Waals surface area contributed by atoms with Crippen molar-refractivity contribution >= 4 is 114 Å². The SMILES string of the molecule is CC(=O)c1ccc(Nc2nc(Cl)nc(Nc3ccc(/C=C/c4ccc(Nc5nc(Cl)nc(Nc6ccc(C(C)=O)cc6)n5)cc4S(=O)(=O)O)c(S(=O)(=O)O)c3)n2)cc1. The summed E-state index contributed by atoms with van der Waals surface area (Å²) in [4.78, 5) is 46.5. The van der Waals surface area contributed by atoms with Gasteiger partial charge in [-0.1, -0.05) is 24.3 Å². The minimum absolute atomic E-state index is 0.0243. The Morgan fingerprint density at radius 1 is 0.500 bits per heavy atom. The van der Waals surface area contributed by atoms with Crippen molar-refractivity contribution in [3.05, 3.63) is 118 Å². The second kappa shape index (κ2) is 17.0. The maximum Gasteiger partial charge on any atom is 0.295 e. The number of carbonyl (C=O) groups is 2. The van der Waals surface area contributed by atoms with Gasteiger partial charge in [-0.2, -0.15) is 46.7 Å². The summed E-state index contributed by atoms with van der Waals surface area (Å²) in [5.41, 5.74) is 2.19. The van der Waals surface area contributed by atoms with E-state index in [0.717, 1.165) is 12.1 Å². The molecule has 0 spiro atoms. The molecule has 0 atom stereocenters. The molecule has 6 aromatic rings. The lowest BCUT2D eigenvalue weighted by Gasteiger charge is -2.11. The monoisotopic (exact) mass is 862 g/mol. The molecular formula is C36H28Cl2N10O8S2. The summed E-state index contributed by atoms with van der Waals surface area (Å²) in [5, 5.41) is 11.0. The Morgan fingerprint density at radius 3 is 1.09 bits per heavy atom. The fourth-order valence-electron chi connectivity index (χ4n) is 5.14. The molecule has 0 amide bonds. The Morgan fingerprint density at radius 2 is 0.793 bits per heavy atom. The number of benzene rings is 4. The van der Waals surface area contributed by atoms with Crippen LogP contribution in [0.5, 0.6) is 0 Å².